The highest BCUT2D eigenvalue weighted by molar-refractivity contribution is 14.1. The van der Waals surface area contributed by atoms with Crippen LogP contribution < -0.4 is 14.8 Å². The minimum atomic E-state index is -0.511. The van der Waals surface area contributed by atoms with Crippen LogP contribution in [0.4, 0.5) is 5.69 Å². The van der Waals surface area contributed by atoms with Gasteiger partial charge < -0.3 is 14.8 Å². The predicted molar refractivity (Wildman–Crippen MR) is 135 cm³/mol. The number of anilines is 1. The maximum absolute atomic E-state index is 12.5. The van der Waals surface area contributed by atoms with Crippen LogP contribution in [0.1, 0.15) is 16.7 Å². The van der Waals surface area contributed by atoms with Gasteiger partial charge in [0.05, 0.1) is 12.1 Å². The predicted octanol–water partition coefficient (Wildman–Crippen LogP) is 6.39. The summed E-state index contributed by atoms with van der Waals surface area (Å²) in [6, 6.07) is 20.5. The van der Waals surface area contributed by atoms with Crippen molar-refractivity contribution in [2.24, 2.45) is 0 Å². The van der Waals surface area contributed by atoms with Crippen molar-refractivity contribution in [2.75, 3.05) is 12.4 Å². The Hall–Kier alpha value is -3.02. The smallest absolute Gasteiger partial charge is 0.266 e. The van der Waals surface area contributed by atoms with Crippen molar-refractivity contribution in [3.63, 3.8) is 0 Å². The van der Waals surface area contributed by atoms with Crippen molar-refractivity contribution < 1.29 is 14.3 Å². The number of rotatable bonds is 7. The Morgan fingerprint density at radius 1 is 1.16 bits per heavy atom. The van der Waals surface area contributed by atoms with Gasteiger partial charge in [-0.15, -0.1) is 0 Å². The lowest BCUT2D eigenvalue weighted by molar-refractivity contribution is -0.112. The van der Waals surface area contributed by atoms with Gasteiger partial charge in [0.25, 0.3) is 5.91 Å². The van der Waals surface area contributed by atoms with Gasteiger partial charge in [0.15, 0.2) is 11.5 Å². The van der Waals surface area contributed by atoms with E-state index in [0.717, 1.165) is 9.13 Å². The average Bonchev–Trinajstić information content (AvgIpc) is 2.79. The van der Waals surface area contributed by atoms with Crippen LogP contribution in [0.5, 0.6) is 11.5 Å². The molecule has 1 amide bonds. The molecular weight excluding hydrogens is 539 g/mol. The first-order chi connectivity index (χ1) is 15.4. The van der Waals surface area contributed by atoms with Crippen molar-refractivity contribution in [1.82, 2.24) is 0 Å². The van der Waals surface area contributed by atoms with E-state index in [1.165, 1.54) is 18.7 Å². The molecule has 0 heterocycles. The standard InChI is InChI=1S/C25H20ClIN2O3/c1-16-3-5-17(6-4-16)15-32-24-22(26)12-18(13-23(24)31-2)11-19(14-28)25(30)29-21-9-7-20(27)8-10-21/h3-13H,15H2,1-2H3,(H,29,30)/b19-11+. The highest BCUT2D eigenvalue weighted by Gasteiger charge is 2.14. The first-order valence-corrected chi connectivity index (χ1v) is 11.1. The van der Waals surface area contributed by atoms with Gasteiger partial charge >= 0.3 is 0 Å². The summed E-state index contributed by atoms with van der Waals surface area (Å²) >= 11 is 8.61. The number of nitriles is 1. The van der Waals surface area contributed by atoms with E-state index in [1.807, 2.05) is 49.4 Å². The van der Waals surface area contributed by atoms with Gasteiger partial charge in [-0.25, -0.2) is 0 Å². The summed E-state index contributed by atoms with van der Waals surface area (Å²) in [7, 11) is 1.51. The normalized spacial score (nSPS) is 10.9. The van der Waals surface area contributed by atoms with E-state index < -0.39 is 5.91 Å². The second kappa shape index (κ2) is 11.0. The Bertz CT molecular complexity index is 1180. The lowest BCUT2D eigenvalue weighted by atomic mass is 10.1. The van der Waals surface area contributed by atoms with Crippen LogP contribution in [0.3, 0.4) is 0 Å². The van der Waals surface area contributed by atoms with Gasteiger partial charge in [-0.3, -0.25) is 4.79 Å². The Kier molecular flexibility index (Phi) is 8.14. The molecule has 3 aromatic carbocycles. The van der Waals surface area contributed by atoms with Crippen LogP contribution in [0.15, 0.2) is 66.2 Å². The van der Waals surface area contributed by atoms with Gasteiger partial charge in [-0.1, -0.05) is 41.4 Å². The minimum Gasteiger partial charge on any atom is -0.493 e. The third-order valence-corrected chi connectivity index (χ3v) is 5.53. The van der Waals surface area contributed by atoms with Gasteiger partial charge in [-0.2, -0.15) is 5.26 Å². The van der Waals surface area contributed by atoms with E-state index in [-0.39, 0.29) is 5.57 Å². The molecular formula is C25H20ClIN2O3. The molecule has 0 saturated carbocycles. The van der Waals surface area contributed by atoms with E-state index in [9.17, 15) is 10.1 Å². The molecule has 162 valence electrons. The first-order valence-electron chi connectivity index (χ1n) is 9.64. The number of hydrogen-bond acceptors (Lipinski definition) is 4. The molecule has 0 spiro atoms. The maximum Gasteiger partial charge on any atom is 0.266 e. The molecule has 1 N–H and O–H groups in total. The van der Waals surface area contributed by atoms with Gasteiger partial charge in [0.1, 0.15) is 18.2 Å². The van der Waals surface area contributed by atoms with Crippen molar-refractivity contribution in [2.45, 2.75) is 13.5 Å². The quantitative estimate of drug-likeness (QED) is 0.207. The molecule has 0 unspecified atom stereocenters. The zero-order chi connectivity index (χ0) is 23.1. The molecule has 0 aliphatic carbocycles. The number of methoxy groups -OCH3 is 1. The fraction of sp³-hybridized carbons (Fsp3) is 0.120. The SMILES string of the molecule is COc1cc(/C=C(\C#N)C(=O)Nc2ccc(I)cc2)cc(Cl)c1OCc1ccc(C)cc1. The Morgan fingerprint density at radius 2 is 1.84 bits per heavy atom. The second-order valence-corrected chi connectivity index (χ2v) is 8.59. The topological polar surface area (TPSA) is 71.3 Å². The monoisotopic (exact) mass is 558 g/mol. The largest absolute Gasteiger partial charge is 0.493 e. The molecule has 0 aliphatic heterocycles. The molecule has 3 rings (SSSR count). The summed E-state index contributed by atoms with van der Waals surface area (Å²) in [5, 5.41) is 12.5. The number of aryl methyl sites for hydroxylation is 1. The van der Waals surface area contributed by atoms with E-state index in [2.05, 4.69) is 27.9 Å². The molecule has 0 bridgehead atoms. The molecule has 0 atom stereocenters. The second-order valence-electron chi connectivity index (χ2n) is 6.94. The number of carbonyl (C=O) groups is 1. The van der Waals surface area contributed by atoms with Crippen LogP contribution in [0, 0.1) is 21.8 Å². The molecule has 0 saturated heterocycles. The minimum absolute atomic E-state index is 0.0602. The van der Waals surface area contributed by atoms with Crippen LogP contribution in [-0.4, -0.2) is 13.0 Å². The number of nitrogens with one attached hydrogen (secondary N) is 1. The number of hydrogen-bond donors (Lipinski definition) is 1. The summed E-state index contributed by atoms with van der Waals surface area (Å²) < 4.78 is 12.4. The molecule has 3 aromatic rings. The average molecular weight is 559 g/mol. The molecule has 0 aliphatic rings. The van der Waals surface area contributed by atoms with Crippen molar-refractivity contribution in [1.29, 1.82) is 5.26 Å². The zero-order valence-electron chi connectivity index (χ0n) is 17.5. The van der Waals surface area contributed by atoms with Gasteiger partial charge in [0, 0.05) is 9.26 Å². The number of ether oxygens (including phenoxy) is 2. The van der Waals surface area contributed by atoms with E-state index >= 15 is 0 Å². The highest BCUT2D eigenvalue weighted by atomic mass is 127. The third-order valence-electron chi connectivity index (χ3n) is 4.53. The summed E-state index contributed by atoms with van der Waals surface area (Å²) in [6.07, 6.45) is 1.46. The van der Waals surface area contributed by atoms with E-state index in [0.29, 0.717) is 34.4 Å². The summed E-state index contributed by atoms with van der Waals surface area (Å²) in [5.74, 6) is 0.295. The molecule has 0 fully saturated rings. The maximum atomic E-state index is 12.5. The number of carbonyl (C=O) groups excluding carboxylic acids is 1. The summed E-state index contributed by atoms with van der Waals surface area (Å²) in [6.45, 7) is 2.35. The van der Waals surface area contributed by atoms with E-state index in [1.54, 1.807) is 24.3 Å². The summed E-state index contributed by atoms with van der Waals surface area (Å²) in [4.78, 5) is 12.5. The third kappa shape index (κ3) is 6.25. The Labute approximate surface area is 205 Å². The summed E-state index contributed by atoms with van der Waals surface area (Å²) in [5.41, 5.74) is 3.25. The van der Waals surface area contributed by atoms with Gasteiger partial charge in [-0.05, 0) is 83.1 Å². The molecule has 0 aromatic heterocycles. The van der Waals surface area contributed by atoms with Gasteiger partial charge in [0.2, 0.25) is 0 Å². The van der Waals surface area contributed by atoms with Crippen molar-refractivity contribution in [3.8, 4) is 17.6 Å². The lowest BCUT2D eigenvalue weighted by Crippen LogP contribution is -2.13. The van der Waals surface area contributed by atoms with Crippen LogP contribution >= 0.6 is 34.2 Å². The Morgan fingerprint density at radius 3 is 2.47 bits per heavy atom. The van der Waals surface area contributed by atoms with E-state index in [4.69, 9.17) is 21.1 Å². The first kappa shape index (κ1) is 23.6. The van der Waals surface area contributed by atoms with Crippen LogP contribution in [-0.2, 0) is 11.4 Å². The molecule has 7 heteroatoms. The fourth-order valence-electron chi connectivity index (χ4n) is 2.85. The van der Waals surface area contributed by atoms with Crippen LogP contribution in [0.25, 0.3) is 6.08 Å². The number of nitrogens with zero attached hydrogens (tertiary/aromatic N) is 1. The zero-order valence-corrected chi connectivity index (χ0v) is 20.4. The highest BCUT2D eigenvalue weighted by Crippen LogP contribution is 2.37. The van der Waals surface area contributed by atoms with Crippen molar-refractivity contribution >= 4 is 51.9 Å². The molecule has 0 radical (unpaired) electrons. The fourth-order valence-corrected chi connectivity index (χ4v) is 3.48. The Balaban J connectivity index is 1.80. The number of amides is 1. The molecule has 5 nitrogen and oxygen atoms in total. The molecule has 32 heavy (non-hydrogen) atoms. The van der Waals surface area contributed by atoms with Crippen molar-refractivity contribution in [3.05, 3.63) is 91.5 Å². The number of halogens is 2. The lowest BCUT2D eigenvalue weighted by Gasteiger charge is -2.14. The van der Waals surface area contributed by atoms with Crippen LogP contribution in [0.2, 0.25) is 5.02 Å². The number of benzene rings is 3.